The Morgan fingerprint density at radius 2 is 1.95 bits per heavy atom. The second kappa shape index (κ2) is 6.15. The van der Waals surface area contributed by atoms with E-state index < -0.39 is 0 Å². The Kier molecular flexibility index (Phi) is 4.30. The number of methoxy groups -OCH3 is 2. The number of carbonyl (C=O) groups is 1. The maximum absolute atomic E-state index is 11.9. The van der Waals surface area contributed by atoms with Gasteiger partial charge in [0, 0.05) is 5.56 Å². The molecule has 0 spiro atoms. The maximum atomic E-state index is 11.9. The average Bonchev–Trinajstić information content (AvgIpc) is 2.88. The van der Waals surface area contributed by atoms with Crippen LogP contribution in [0.1, 0.15) is 15.2 Å². The Morgan fingerprint density at radius 1 is 1.21 bits per heavy atom. The molecule has 1 heterocycles. The maximum Gasteiger partial charge on any atom is 0.276 e. The highest BCUT2D eigenvalue weighted by Crippen LogP contribution is 2.31. The number of hydrogen-bond acceptors (Lipinski definition) is 5. The first-order valence-electron chi connectivity index (χ1n) is 5.61. The predicted octanol–water partition coefficient (Wildman–Crippen LogP) is 3.06. The quantitative estimate of drug-likeness (QED) is 0.621. The third-order valence-corrected chi connectivity index (χ3v) is 3.38. The standard InChI is InChI=1S/C14H13NO3S/c1-17-13-12(19-14(15-13)18-2)9-8-11(16)10-6-4-3-5-7-10/h3-9H,1-2H3. The number of allylic oxidation sites excluding steroid dienone is 1. The Hall–Kier alpha value is -2.14. The highest BCUT2D eigenvalue weighted by atomic mass is 32.1. The van der Waals surface area contributed by atoms with Crippen molar-refractivity contribution in [1.29, 1.82) is 0 Å². The SMILES string of the molecule is COc1nc(OC)c(C=CC(=O)c2ccccc2)s1. The molecule has 0 atom stereocenters. The summed E-state index contributed by atoms with van der Waals surface area (Å²) >= 11 is 1.32. The lowest BCUT2D eigenvalue weighted by molar-refractivity contribution is 0.104. The predicted molar refractivity (Wildman–Crippen MR) is 75.0 cm³/mol. The van der Waals surface area contributed by atoms with Crippen molar-refractivity contribution >= 4 is 23.2 Å². The van der Waals surface area contributed by atoms with Crippen molar-refractivity contribution in [3.8, 4) is 11.1 Å². The van der Waals surface area contributed by atoms with Crippen LogP contribution in [0, 0.1) is 0 Å². The number of nitrogens with zero attached hydrogens (tertiary/aromatic N) is 1. The molecule has 98 valence electrons. The first kappa shape index (κ1) is 13.3. The second-order valence-corrected chi connectivity index (χ2v) is 4.61. The molecule has 1 aromatic carbocycles. The van der Waals surface area contributed by atoms with Crippen LogP contribution in [0.15, 0.2) is 36.4 Å². The Balaban J connectivity index is 2.18. The van der Waals surface area contributed by atoms with Gasteiger partial charge in [-0.2, -0.15) is 4.98 Å². The molecule has 19 heavy (non-hydrogen) atoms. The van der Waals surface area contributed by atoms with Gasteiger partial charge in [-0.3, -0.25) is 4.79 Å². The molecule has 5 heteroatoms. The van der Waals surface area contributed by atoms with Gasteiger partial charge in [-0.05, 0) is 12.2 Å². The van der Waals surface area contributed by atoms with Crippen molar-refractivity contribution in [1.82, 2.24) is 4.98 Å². The summed E-state index contributed by atoms with van der Waals surface area (Å²) in [5.41, 5.74) is 0.647. The molecule has 0 bridgehead atoms. The van der Waals surface area contributed by atoms with E-state index in [1.54, 1.807) is 25.3 Å². The molecule has 0 N–H and O–H groups in total. The number of rotatable bonds is 5. The van der Waals surface area contributed by atoms with Gasteiger partial charge in [0.1, 0.15) is 0 Å². The number of carbonyl (C=O) groups excluding carboxylic acids is 1. The van der Waals surface area contributed by atoms with E-state index >= 15 is 0 Å². The zero-order valence-electron chi connectivity index (χ0n) is 10.6. The van der Waals surface area contributed by atoms with Crippen LogP contribution in [0.25, 0.3) is 6.08 Å². The smallest absolute Gasteiger partial charge is 0.276 e. The van der Waals surface area contributed by atoms with E-state index in [0.717, 1.165) is 4.88 Å². The molecule has 0 fully saturated rings. The van der Waals surface area contributed by atoms with Crippen LogP contribution < -0.4 is 9.47 Å². The van der Waals surface area contributed by atoms with Gasteiger partial charge in [0.25, 0.3) is 5.19 Å². The number of aromatic nitrogens is 1. The minimum atomic E-state index is -0.0602. The molecule has 0 aliphatic rings. The van der Waals surface area contributed by atoms with Gasteiger partial charge in [-0.15, -0.1) is 0 Å². The normalized spacial score (nSPS) is 10.6. The second-order valence-electron chi connectivity index (χ2n) is 3.62. The fourth-order valence-corrected chi connectivity index (χ4v) is 2.24. The van der Waals surface area contributed by atoms with Gasteiger partial charge < -0.3 is 9.47 Å². The molecule has 2 rings (SSSR count). The van der Waals surface area contributed by atoms with E-state index in [-0.39, 0.29) is 5.78 Å². The summed E-state index contributed by atoms with van der Waals surface area (Å²) in [5.74, 6) is 0.397. The summed E-state index contributed by atoms with van der Waals surface area (Å²) in [6, 6.07) is 9.08. The van der Waals surface area contributed by atoms with E-state index in [4.69, 9.17) is 9.47 Å². The fourth-order valence-electron chi connectivity index (χ4n) is 1.49. The van der Waals surface area contributed by atoms with Gasteiger partial charge in [0.2, 0.25) is 5.88 Å². The number of ether oxygens (including phenoxy) is 2. The number of thiazole rings is 1. The Bertz CT molecular complexity index is 590. The zero-order chi connectivity index (χ0) is 13.7. The lowest BCUT2D eigenvalue weighted by Gasteiger charge is -1.95. The van der Waals surface area contributed by atoms with Gasteiger partial charge in [-0.1, -0.05) is 41.7 Å². The van der Waals surface area contributed by atoms with Crippen LogP contribution >= 0.6 is 11.3 Å². The van der Waals surface area contributed by atoms with Gasteiger partial charge >= 0.3 is 0 Å². The largest absolute Gasteiger partial charge is 0.480 e. The van der Waals surface area contributed by atoms with Crippen LogP contribution in [0.4, 0.5) is 0 Å². The third kappa shape index (κ3) is 3.20. The van der Waals surface area contributed by atoms with Crippen molar-refractivity contribution < 1.29 is 14.3 Å². The monoisotopic (exact) mass is 275 g/mol. The summed E-state index contributed by atoms with van der Waals surface area (Å²) in [6.45, 7) is 0. The lowest BCUT2D eigenvalue weighted by atomic mass is 10.1. The van der Waals surface area contributed by atoms with E-state index in [9.17, 15) is 4.79 Å². The molecule has 0 radical (unpaired) electrons. The van der Waals surface area contributed by atoms with Crippen molar-refractivity contribution in [3.63, 3.8) is 0 Å². The van der Waals surface area contributed by atoms with Gasteiger partial charge in [-0.25, -0.2) is 0 Å². The molecule has 4 nitrogen and oxygen atoms in total. The molecule has 0 aliphatic heterocycles. The number of hydrogen-bond donors (Lipinski definition) is 0. The molecule has 2 aromatic rings. The highest BCUT2D eigenvalue weighted by Gasteiger charge is 2.10. The summed E-state index contributed by atoms with van der Waals surface area (Å²) in [6.07, 6.45) is 3.19. The summed E-state index contributed by atoms with van der Waals surface area (Å²) in [7, 11) is 3.08. The van der Waals surface area contributed by atoms with E-state index in [1.165, 1.54) is 24.5 Å². The van der Waals surface area contributed by atoms with Crippen LogP contribution in [-0.4, -0.2) is 25.0 Å². The number of ketones is 1. The van der Waals surface area contributed by atoms with Gasteiger partial charge in [0.05, 0.1) is 19.1 Å². The van der Waals surface area contributed by atoms with Crippen LogP contribution in [0.2, 0.25) is 0 Å². The van der Waals surface area contributed by atoms with Crippen LogP contribution in [0.3, 0.4) is 0 Å². The van der Waals surface area contributed by atoms with Gasteiger partial charge in [0.15, 0.2) is 5.78 Å². The summed E-state index contributed by atoms with van der Waals surface area (Å²) in [5, 5.41) is 0.503. The lowest BCUT2D eigenvalue weighted by Crippen LogP contribution is -1.92. The third-order valence-electron chi connectivity index (χ3n) is 2.41. The molecule has 0 saturated heterocycles. The Morgan fingerprint density at radius 3 is 2.58 bits per heavy atom. The highest BCUT2D eigenvalue weighted by molar-refractivity contribution is 7.14. The van der Waals surface area contributed by atoms with Crippen molar-refractivity contribution in [2.75, 3.05) is 14.2 Å². The molecule has 0 saturated carbocycles. The fraction of sp³-hybridized carbons (Fsp3) is 0.143. The van der Waals surface area contributed by atoms with Crippen LogP contribution in [0.5, 0.6) is 11.1 Å². The molecule has 0 unspecified atom stereocenters. The summed E-state index contributed by atoms with van der Waals surface area (Å²) < 4.78 is 10.2. The first-order valence-corrected chi connectivity index (χ1v) is 6.42. The van der Waals surface area contributed by atoms with Crippen molar-refractivity contribution in [3.05, 3.63) is 46.8 Å². The average molecular weight is 275 g/mol. The molecule has 1 aromatic heterocycles. The molecule has 0 aliphatic carbocycles. The molecular formula is C14H13NO3S. The van der Waals surface area contributed by atoms with E-state index in [2.05, 4.69) is 4.98 Å². The number of benzene rings is 1. The first-order chi connectivity index (χ1) is 9.24. The zero-order valence-corrected chi connectivity index (χ0v) is 11.4. The summed E-state index contributed by atoms with van der Waals surface area (Å²) in [4.78, 5) is 16.8. The molecular weight excluding hydrogens is 262 g/mol. The minimum absolute atomic E-state index is 0.0602. The van der Waals surface area contributed by atoms with Crippen molar-refractivity contribution in [2.45, 2.75) is 0 Å². The van der Waals surface area contributed by atoms with Crippen LogP contribution in [-0.2, 0) is 0 Å². The minimum Gasteiger partial charge on any atom is -0.480 e. The van der Waals surface area contributed by atoms with Crippen molar-refractivity contribution in [2.24, 2.45) is 0 Å². The van der Waals surface area contributed by atoms with E-state index in [1.807, 2.05) is 18.2 Å². The molecule has 0 amide bonds. The Labute approximate surface area is 115 Å². The van der Waals surface area contributed by atoms with E-state index in [0.29, 0.717) is 16.6 Å². The topological polar surface area (TPSA) is 48.4 Å².